The zero-order chi connectivity index (χ0) is 18.7. The highest BCUT2D eigenvalue weighted by Crippen LogP contribution is 2.26. The molecule has 0 radical (unpaired) electrons. The molecule has 1 aliphatic rings. The van der Waals surface area contributed by atoms with Crippen molar-refractivity contribution in [1.82, 2.24) is 9.80 Å². The standard InChI is InChI=1S/C21H24N2O3/c1-21(2)20(26)22(14-16-6-4-3-5-7-16)12-13-23(21)15-17-8-10-18(11-9-17)19(24)25/h3-11H,12-15H2,1-2H3,(H,24,25). The number of carboxylic acid groups (broad SMARTS) is 1. The molecule has 0 aliphatic carbocycles. The fourth-order valence-electron chi connectivity index (χ4n) is 3.35. The van der Waals surface area contributed by atoms with Gasteiger partial charge in [0, 0.05) is 26.2 Å². The molecule has 5 heteroatoms. The highest BCUT2D eigenvalue weighted by atomic mass is 16.4. The van der Waals surface area contributed by atoms with E-state index in [1.165, 1.54) is 0 Å². The lowest BCUT2D eigenvalue weighted by atomic mass is 9.96. The minimum atomic E-state index is -0.929. The van der Waals surface area contributed by atoms with Crippen LogP contribution in [0.4, 0.5) is 0 Å². The van der Waals surface area contributed by atoms with Crippen LogP contribution >= 0.6 is 0 Å². The predicted molar refractivity (Wildman–Crippen MR) is 99.7 cm³/mol. The minimum Gasteiger partial charge on any atom is -0.478 e. The molecule has 0 spiro atoms. The molecule has 1 aliphatic heterocycles. The van der Waals surface area contributed by atoms with Crippen molar-refractivity contribution in [3.05, 3.63) is 71.3 Å². The monoisotopic (exact) mass is 352 g/mol. The smallest absolute Gasteiger partial charge is 0.335 e. The van der Waals surface area contributed by atoms with E-state index in [4.69, 9.17) is 5.11 Å². The van der Waals surface area contributed by atoms with Gasteiger partial charge in [0.15, 0.2) is 0 Å². The molecule has 1 heterocycles. The Labute approximate surface area is 153 Å². The van der Waals surface area contributed by atoms with E-state index in [1.807, 2.05) is 61.2 Å². The number of aromatic carboxylic acids is 1. The van der Waals surface area contributed by atoms with Gasteiger partial charge in [-0.3, -0.25) is 9.69 Å². The van der Waals surface area contributed by atoms with Gasteiger partial charge in [0.05, 0.1) is 11.1 Å². The van der Waals surface area contributed by atoms with Gasteiger partial charge in [-0.25, -0.2) is 4.79 Å². The molecule has 2 aromatic carbocycles. The van der Waals surface area contributed by atoms with Gasteiger partial charge in [-0.1, -0.05) is 42.5 Å². The van der Waals surface area contributed by atoms with Crippen LogP contribution < -0.4 is 0 Å². The summed E-state index contributed by atoms with van der Waals surface area (Å²) < 4.78 is 0. The minimum absolute atomic E-state index is 0.120. The molecule has 0 atom stereocenters. The largest absolute Gasteiger partial charge is 0.478 e. The predicted octanol–water partition coefficient (Wildman–Crippen LogP) is 3.01. The van der Waals surface area contributed by atoms with E-state index in [0.717, 1.165) is 17.7 Å². The fraction of sp³-hybridized carbons (Fsp3) is 0.333. The van der Waals surface area contributed by atoms with Crippen LogP contribution in [0.3, 0.4) is 0 Å². The normalized spacial score (nSPS) is 17.3. The summed E-state index contributed by atoms with van der Waals surface area (Å²) in [5, 5.41) is 9.00. The van der Waals surface area contributed by atoms with E-state index in [0.29, 0.717) is 19.6 Å². The van der Waals surface area contributed by atoms with Crippen LogP contribution in [0.5, 0.6) is 0 Å². The van der Waals surface area contributed by atoms with Crippen LogP contribution in [-0.4, -0.2) is 45.4 Å². The lowest BCUT2D eigenvalue weighted by Gasteiger charge is -2.46. The van der Waals surface area contributed by atoms with E-state index >= 15 is 0 Å². The Kier molecular flexibility index (Phi) is 5.09. The first-order chi connectivity index (χ1) is 12.4. The SMILES string of the molecule is CC1(C)C(=O)N(Cc2ccccc2)CCN1Cc1ccc(C(=O)O)cc1. The van der Waals surface area contributed by atoms with Crippen molar-refractivity contribution in [1.29, 1.82) is 0 Å². The van der Waals surface area contributed by atoms with Crippen molar-refractivity contribution < 1.29 is 14.7 Å². The molecule has 136 valence electrons. The molecular weight excluding hydrogens is 328 g/mol. The van der Waals surface area contributed by atoms with Crippen LogP contribution in [0.1, 0.15) is 35.3 Å². The summed E-state index contributed by atoms with van der Waals surface area (Å²) in [4.78, 5) is 28.1. The quantitative estimate of drug-likeness (QED) is 0.899. The summed E-state index contributed by atoms with van der Waals surface area (Å²) >= 11 is 0. The second-order valence-electron chi connectivity index (χ2n) is 7.19. The van der Waals surface area contributed by atoms with Crippen molar-refractivity contribution in [3.8, 4) is 0 Å². The lowest BCUT2D eigenvalue weighted by Crippen LogP contribution is -2.62. The Hall–Kier alpha value is -2.66. The van der Waals surface area contributed by atoms with Crippen LogP contribution in [0.15, 0.2) is 54.6 Å². The molecule has 3 rings (SSSR count). The van der Waals surface area contributed by atoms with Crippen molar-refractivity contribution in [2.75, 3.05) is 13.1 Å². The van der Waals surface area contributed by atoms with Crippen LogP contribution in [0, 0.1) is 0 Å². The Morgan fingerprint density at radius 2 is 1.58 bits per heavy atom. The molecule has 0 unspecified atom stereocenters. The first-order valence-electron chi connectivity index (χ1n) is 8.78. The molecular formula is C21H24N2O3. The molecule has 0 aromatic heterocycles. The van der Waals surface area contributed by atoms with Gasteiger partial charge < -0.3 is 10.0 Å². The maximum Gasteiger partial charge on any atom is 0.335 e. The van der Waals surface area contributed by atoms with Gasteiger partial charge in [0.1, 0.15) is 0 Å². The topological polar surface area (TPSA) is 60.9 Å². The average molecular weight is 352 g/mol. The summed E-state index contributed by atoms with van der Waals surface area (Å²) in [7, 11) is 0. The molecule has 0 bridgehead atoms. The van der Waals surface area contributed by atoms with Crippen LogP contribution in [-0.2, 0) is 17.9 Å². The summed E-state index contributed by atoms with van der Waals surface area (Å²) in [6.45, 7) is 6.63. The first-order valence-corrected chi connectivity index (χ1v) is 8.78. The number of benzene rings is 2. The number of hydrogen-bond acceptors (Lipinski definition) is 3. The first kappa shape index (κ1) is 18.1. The third kappa shape index (κ3) is 3.78. The van der Waals surface area contributed by atoms with E-state index < -0.39 is 11.5 Å². The second kappa shape index (κ2) is 7.30. The Bertz CT molecular complexity index is 785. The molecule has 1 saturated heterocycles. The summed E-state index contributed by atoms with van der Waals surface area (Å²) in [5.41, 5.74) is 1.82. The third-order valence-corrected chi connectivity index (χ3v) is 5.03. The van der Waals surface area contributed by atoms with Crippen LogP contribution in [0.25, 0.3) is 0 Å². The highest BCUT2D eigenvalue weighted by molar-refractivity contribution is 5.87. The molecule has 1 fully saturated rings. The Morgan fingerprint density at radius 3 is 2.19 bits per heavy atom. The zero-order valence-corrected chi connectivity index (χ0v) is 15.2. The molecule has 5 nitrogen and oxygen atoms in total. The second-order valence-corrected chi connectivity index (χ2v) is 7.19. The van der Waals surface area contributed by atoms with E-state index in [2.05, 4.69) is 4.90 Å². The maximum absolute atomic E-state index is 13.0. The van der Waals surface area contributed by atoms with Crippen molar-refractivity contribution >= 4 is 11.9 Å². The number of rotatable bonds is 5. The number of piperazine rings is 1. The van der Waals surface area contributed by atoms with Gasteiger partial charge >= 0.3 is 5.97 Å². The van der Waals surface area contributed by atoms with Crippen molar-refractivity contribution in [2.24, 2.45) is 0 Å². The number of carbonyl (C=O) groups excluding carboxylic acids is 1. The molecule has 2 aromatic rings. The molecule has 26 heavy (non-hydrogen) atoms. The lowest BCUT2D eigenvalue weighted by molar-refractivity contribution is -0.150. The number of carboxylic acids is 1. The van der Waals surface area contributed by atoms with Gasteiger partial charge in [0.25, 0.3) is 0 Å². The highest BCUT2D eigenvalue weighted by Gasteiger charge is 2.41. The summed E-state index contributed by atoms with van der Waals surface area (Å²) in [6, 6.07) is 16.9. The third-order valence-electron chi connectivity index (χ3n) is 5.03. The average Bonchev–Trinajstić information content (AvgIpc) is 2.63. The Balaban J connectivity index is 1.69. The van der Waals surface area contributed by atoms with Crippen LogP contribution in [0.2, 0.25) is 0 Å². The Morgan fingerprint density at radius 1 is 0.962 bits per heavy atom. The number of nitrogens with zero attached hydrogens (tertiary/aromatic N) is 2. The number of amides is 1. The van der Waals surface area contributed by atoms with Crippen molar-refractivity contribution in [2.45, 2.75) is 32.5 Å². The fourth-order valence-corrected chi connectivity index (χ4v) is 3.35. The summed E-state index contributed by atoms with van der Waals surface area (Å²) in [5.74, 6) is -0.809. The van der Waals surface area contributed by atoms with Gasteiger partial charge in [-0.05, 0) is 37.1 Å². The van der Waals surface area contributed by atoms with Crippen molar-refractivity contribution in [3.63, 3.8) is 0 Å². The van der Waals surface area contributed by atoms with E-state index in [9.17, 15) is 9.59 Å². The molecule has 1 N–H and O–H groups in total. The molecule has 0 saturated carbocycles. The van der Waals surface area contributed by atoms with Gasteiger partial charge in [-0.2, -0.15) is 0 Å². The van der Waals surface area contributed by atoms with E-state index in [1.54, 1.807) is 12.1 Å². The number of carbonyl (C=O) groups is 2. The summed E-state index contributed by atoms with van der Waals surface area (Å²) in [6.07, 6.45) is 0. The van der Waals surface area contributed by atoms with Gasteiger partial charge in [-0.15, -0.1) is 0 Å². The molecule has 1 amide bonds. The zero-order valence-electron chi connectivity index (χ0n) is 15.2. The maximum atomic E-state index is 13.0. The van der Waals surface area contributed by atoms with Gasteiger partial charge in [0.2, 0.25) is 5.91 Å². The van der Waals surface area contributed by atoms with E-state index in [-0.39, 0.29) is 11.5 Å². The number of hydrogen-bond donors (Lipinski definition) is 1.